The molecule has 4 rings (SSSR count). The molecule has 1 aromatic carbocycles. The van der Waals surface area contributed by atoms with Crippen molar-refractivity contribution in [2.24, 2.45) is 16.9 Å². The molecule has 6 N–H and O–H groups in total. The molecular weight excluding hydrogens is 486 g/mol. The number of primary amides is 1. The summed E-state index contributed by atoms with van der Waals surface area (Å²) in [6.07, 6.45) is 4.96. The van der Waals surface area contributed by atoms with Crippen molar-refractivity contribution >= 4 is 17.4 Å². The molecule has 2 amide bonds. The Balaban J connectivity index is 1.27. The Labute approximate surface area is 212 Å². The molecule has 0 aliphatic heterocycles. The number of ether oxygens (including phenoxy) is 2. The lowest BCUT2D eigenvalue weighted by atomic mass is 9.53. The van der Waals surface area contributed by atoms with Crippen molar-refractivity contribution in [3.8, 4) is 11.5 Å². The molecule has 11 heteroatoms. The van der Waals surface area contributed by atoms with Crippen molar-refractivity contribution < 1.29 is 33.0 Å². The minimum atomic E-state index is -0.989. The van der Waals surface area contributed by atoms with Crippen molar-refractivity contribution in [1.29, 1.82) is 0 Å². The Morgan fingerprint density at radius 2 is 1.95 bits per heavy atom. The summed E-state index contributed by atoms with van der Waals surface area (Å²) in [7, 11) is 0. The number of aliphatic hydroxyl groups is 1. The third-order valence-corrected chi connectivity index (χ3v) is 6.59. The highest BCUT2D eigenvalue weighted by atomic mass is 19.1. The van der Waals surface area contributed by atoms with Gasteiger partial charge in [0.05, 0.1) is 34.7 Å². The van der Waals surface area contributed by atoms with Crippen LogP contribution in [0.25, 0.3) is 5.57 Å². The van der Waals surface area contributed by atoms with Crippen LogP contribution in [0.4, 0.5) is 8.78 Å². The van der Waals surface area contributed by atoms with E-state index in [1.54, 1.807) is 26.0 Å². The van der Waals surface area contributed by atoms with Gasteiger partial charge >= 0.3 is 0 Å². The summed E-state index contributed by atoms with van der Waals surface area (Å²) in [4.78, 5) is 28.6. The van der Waals surface area contributed by atoms with Crippen LogP contribution >= 0.6 is 0 Å². The van der Waals surface area contributed by atoms with Crippen LogP contribution in [0.5, 0.6) is 11.5 Å². The highest BCUT2D eigenvalue weighted by Crippen LogP contribution is 2.57. The SMILES string of the molecule is CC(C)(O)COc1ccc(C(=CN)C(=O)NC2CC3(C2)CC(Oc2c(F)cc(F)cc2C(N)=O)C3)nc1. The van der Waals surface area contributed by atoms with E-state index >= 15 is 0 Å². The van der Waals surface area contributed by atoms with Crippen LogP contribution in [0.1, 0.15) is 55.6 Å². The van der Waals surface area contributed by atoms with Crippen LogP contribution < -0.4 is 26.3 Å². The Bertz CT molecular complexity index is 1210. The van der Waals surface area contributed by atoms with Gasteiger partial charge in [0.15, 0.2) is 11.6 Å². The van der Waals surface area contributed by atoms with Crippen molar-refractivity contribution in [2.45, 2.75) is 57.3 Å². The van der Waals surface area contributed by atoms with Gasteiger partial charge in [-0.15, -0.1) is 0 Å². The van der Waals surface area contributed by atoms with E-state index in [2.05, 4.69) is 10.3 Å². The number of amides is 2. The van der Waals surface area contributed by atoms with Gasteiger partial charge in [-0.2, -0.15) is 0 Å². The molecular formula is C26H30F2N4O5. The van der Waals surface area contributed by atoms with Gasteiger partial charge < -0.3 is 31.4 Å². The quantitative estimate of drug-likeness (QED) is 0.374. The Morgan fingerprint density at radius 1 is 1.24 bits per heavy atom. The lowest BCUT2D eigenvalue weighted by Gasteiger charge is -2.57. The molecule has 1 aromatic heterocycles. The van der Waals surface area contributed by atoms with E-state index in [9.17, 15) is 23.5 Å². The number of hydrogen-bond acceptors (Lipinski definition) is 7. The number of aromatic nitrogens is 1. The zero-order chi connectivity index (χ0) is 27.0. The Hall–Kier alpha value is -3.73. The molecule has 0 saturated heterocycles. The summed E-state index contributed by atoms with van der Waals surface area (Å²) >= 11 is 0. The fourth-order valence-corrected chi connectivity index (χ4v) is 4.87. The fraction of sp³-hybridized carbons (Fsp3) is 0.423. The van der Waals surface area contributed by atoms with Crippen molar-refractivity contribution in [2.75, 3.05) is 6.61 Å². The van der Waals surface area contributed by atoms with E-state index < -0.39 is 23.1 Å². The minimum Gasteiger partial charge on any atom is -0.489 e. The first kappa shape index (κ1) is 26.3. The summed E-state index contributed by atoms with van der Waals surface area (Å²) in [5, 5.41) is 12.7. The summed E-state index contributed by atoms with van der Waals surface area (Å²) in [5.74, 6) is -3.08. The van der Waals surface area contributed by atoms with Gasteiger partial charge in [0.25, 0.3) is 11.8 Å². The Morgan fingerprint density at radius 3 is 2.51 bits per heavy atom. The van der Waals surface area contributed by atoms with Crippen LogP contribution in [0.2, 0.25) is 0 Å². The first-order chi connectivity index (χ1) is 17.4. The first-order valence-corrected chi connectivity index (χ1v) is 11.9. The number of pyridine rings is 1. The molecule has 198 valence electrons. The molecule has 2 saturated carbocycles. The highest BCUT2D eigenvalue weighted by molar-refractivity contribution is 6.18. The van der Waals surface area contributed by atoms with Crippen LogP contribution in [-0.4, -0.2) is 46.3 Å². The number of nitrogens with zero attached hydrogens (tertiary/aromatic N) is 1. The van der Waals surface area contributed by atoms with E-state index in [0.29, 0.717) is 43.2 Å². The van der Waals surface area contributed by atoms with E-state index in [1.165, 1.54) is 12.4 Å². The Kier molecular flexibility index (Phi) is 7.09. The van der Waals surface area contributed by atoms with Gasteiger partial charge in [-0.1, -0.05) is 0 Å². The number of hydrogen-bond donors (Lipinski definition) is 4. The lowest BCUT2D eigenvalue weighted by molar-refractivity contribution is -0.122. The number of nitrogens with two attached hydrogens (primary N) is 2. The number of benzene rings is 1. The normalized spacial score (nSPS) is 23.1. The van der Waals surface area contributed by atoms with Gasteiger partial charge in [-0.3, -0.25) is 14.6 Å². The van der Waals surface area contributed by atoms with Gasteiger partial charge in [0, 0.05) is 18.3 Å². The van der Waals surface area contributed by atoms with Crippen LogP contribution in [0.15, 0.2) is 36.7 Å². The largest absolute Gasteiger partial charge is 0.489 e. The second-order valence-electron chi connectivity index (χ2n) is 10.4. The number of carbonyl (C=O) groups is 2. The lowest BCUT2D eigenvalue weighted by Crippen LogP contribution is -2.59. The number of carbonyl (C=O) groups excluding carboxylic acids is 2. The number of nitrogens with one attached hydrogen (secondary N) is 1. The molecule has 9 nitrogen and oxygen atoms in total. The smallest absolute Gasteiger partial charge is 0.255 e. The minimum absolute atomic E-state index is 0.0453. The molecule has 1 heterocycles. The molecule has 2 aliphatic carbocycles. The fourth-order valence-electron chi connectivity index (χ4n) is 4.87. The van der Waals surface area contributed by atoms with Crippen molar-refractivity contribution in [3.63, 3.8) is 0 Å². The topological polar surface area (TPSA) is 150 Å². The predicted octanol–water partition coefficient (Wildman–Crippen LogP) is 2.41. The second kappa shape index (κ2) is 9.97. The highest BCUT2D eigenvalue weighted by Gasteiger charge is 2.54. The summed E-state index contributed by atoms with van der Waals surface area (Å²) in [5.41, 5.74) is 10.2. The maximum atomic E-state index is 14.2. The standard InChI is InChI=1S/C26H30F2N4O5/c1-25(2,35)13-36-16-3-4-21(31-12-16)19(11-29)24(34)32-15-7-26(8-15)9-17(10-26)37-22-18(23(30)33)5-14(27)6-20(22)28/h3-6,11-12,15,17,35H,7-10,13,29H2,1-2H3,(H2,30,33)(H,32,34). The maximum Gasteiger partial charge on any atom is 0.255 e. The average molecular weight is 517 g/mol. The zero-order valence-electron chi connectivity index (χ0n) is 20.6. The molecule has 0 bridgehead atoms. The molecule has 37 heavy (non-hydrogen) atoms. The monoisotopic (exact) mass is 516 g/mol. The first-order valence-electron chi connectivity index (χ1n) is 11.9. The zero-order valence-corrected chi connectivity index (χ0v) is 20.6. The van der Waals surface area contributed by atoms with Crippen molar-refractivity contribution in [1.82, 2.24) is 10.3 Å². The van der Waals surface area contributed by atoms with E-state index in [4.69, 9.17) is 20.9 Å². The van der Waals surface area contributed by atoms with Gasteiger partial charge in [-0.05, 0) is 63.1 Å². The molecule has 0 atom stereocenters. The third-order valence-electron chi connectivity index (χ3n) is 6.59. The summed E-state index contributed by atoms with van der Waals surface area (Å²) in [6.45, 7) is 3.34. The molecule has 2 aromatic rings. The predicted molar refractivity (Wildman–Crippen MR) is 130 cm³/mol. The summed E-state index contributed by atoms with van der Waals surface area (Å²) in [6, 6.07) is 4.70. The van der Waals surface area contributed by atoms with Gasteiger partial charge in [-0.25, -0.2) is 8.78 Å². The number of rotatable bonds is 9. The third kappa shape index (κ3) is 5.99. The van der Waals surface area contributed by atoms with Crippen LogP contribution in [0.3, 0.4) is 0 Å². The van der Waals surface area contributed by atoms with Crippen LogP contribution in [-0.2, 0) is 4.79 Å². The molecule has 0 unspecified atom stereocenters. The van der Waals surface area contributed by atoms with E-state index in [-0.39, 0.29) is 47.0 Å². The molecule has 0 radical (unpaired) electrons. The average Bonchev–Trinajstić information content (AvgIpc) is 2.76. The molecule has 1 spiro atoms. The van der Waals surface area contributed by atoms with E-state index in [1.807, 2.05) is 0 Å². The van der Waals surface area contributed by atoms with Gasteiger partial charge in [0.1, 0.15) is 18.2 Å². The molecule has 2 fully saturated rings. The number of halogens is 2. The van der Waals surface area contributed by atoms with Gasteiger partial charge in [0.2, 0.25) is 0 Å². The van der Waals surface area contributed by atoms with E-state index in [0.717, 1.165) is 6.07 Å². The summed E-state index contributed by atoms with van der Waals surface area (Å²) < 4.78 is 38.8. The van der Waals surface area contributed by atoms with Crippen LogP contribution in [0, 0.1) is 17.0 Å². The molecule has 2 aliphatic rings. The maximum absolute atomic E-state index is 14.2. The second-order valence-corrected chi connectivity index (χ2v) is 10.4. The van der Waals surface area contributed by atoms with Crippen molar-refractivity contribution in [3.05, 3.63) is 59.6 Å².